The summed E-state index contributed by atoms with van der Waals surface area (Å²) in [4.78, 5) is 26.7. The minimum absolute atomic E-state index is 0.0301. The molecule has 1 aliphatic rings. The maximum atomic E-state index is 12.5. The van der Waals surface area contributed by atoms with Crippen molar-refractivity contribution in [3.8, 4) is 0 Å². The highest BCUT2D eigenvalue weighted by Gasteiger charge is 2.35. The topological polar surface area (TPSA) is 67.2 Å². The fourth-order valence-corrected chi connectivity index (χ4v) is 3.27. The summed E-state index contributed by atoms with van der Waals surface area (Å²) in [6, 6.07) is 15.6. The summed E-state index contributed by atoms with van der Waals surface area (Å²) >= 11 is 0. The van der Waals surface area contributed by atoms with Crippen LogP contribution in [0.2, 0.25) is 0 Å². The van der Waals surface area contributed by atoms with E-state index in [1.807, 2.05) is 42.5 Å². The second-order valence-electron chi connectivity index (χ2n) is 6.27. The van der Waals surface area contributed by atoms with Crippen LogP contribution in [0, 0.1) is 5.92 Å². The van der Waals surface area contributed by atoms with Crippen LogP contribution in [0.25, 0.3) is 10.8 Å². The lowest BCUT2D eigenvalue weighted by atomic mass is 10.1. The maximum Gasteiger partial charge on any atom is 0.231 e. The van der Waals surface area contributed by atoms with Gasteiger partial charge >= 0.3 is 0 Å². The second kappa shape index (κ2) is 6.05. The standard InChI is InChI=1S/C19H18N4O2/c1-22-10-9-17(21-22)20-19(25)14-11-18(24)23(12-14)16-8-4-6-13-5-2-3-7-15(13)16/h2-10,14H,11-12H2,1H3,(H,20,21,25). The third kappa shape index (κ3) is 2.87. The first kappa shape index (κ1) is 15.4. The average molecular weight is 334 g/mol. The van der Waals surface area contributed by atoms with E-state index < -0.39 is 0 Å². The highest BCUT2D eigenvalue weighted by atomic mass is 16.2. The predicted octanol–water partition coefficient (Wildman–Crippen LogP) is 2.56. The maximum absolute atomic E-state index is 12.5. The molecule has 2 aromatic carbocycles. The number of nitrogens with zero attached hydrogens (tertiary/aromatic N) is 3. The molecule has 1 saturated heterocycles. The third-order valence-corrected chi connectivity index (χ3v) is 4.52. The monoisotopic (exact) mass is 334 g/mol. The Morgan fingerprint density at radius 3 is 2.76 bits per heavy atom. The summed E-state index contributed by atoms with van der Waals surface area (Å²) in [5.74, 6) is -0.0793. The lowest BCUT2D eigenvalue weighted by molar-refractivity contribution is -0.122. The largest absolute Gasteiger partial charge is 0.311 e. The van der Waals surface area contributed by atoms with Crippen LogP contribution in [-0.4, -0.2) is 28.1 Å². The zero-order valence-electron chi connectivity index (χ0n) is 13.8. The Morgan fingerprint density at radius 2 is 1.96 bits per heavy atom. The average Bonchev–Trinajstić information content (AvgIpc) is 3.20. The van der Waals surface area contributed by atoms with E-state index >= 15 is 0 Å². The van der Waals surface area contributed by atoms with Crippen molar-refractivity contribution < 1.29 is 9.59 Å². The van der Waals surface area contributed by atoms with Crippen LogP contribution in [0.15, 0.2) is 54.7 Å². The fourth-order valence-electron chi connectivity index (χ4n) is 3.27. The van der Waals surface area contributed by atoms with Gasteiger partial charge < -0.3 is 10.2 Å². The number of carbonyl (C=O) groups is 2. The SMILES string of the molecule is Cn1ccc(NC(=O)C2CC(=O)N(c3cccc4ccccc34)C2)n1. The fraction of sp³-hybridized carbons (Fsp3) is 0.211. The molecular formula is C19H18N4O2. The molecule has 6 heteroatoms. The van der Waals surface area contributed by atoms with Gasteiger partial charge in [-0.2, -0.15) is 5.10 Å². The van der Waals surface area contributed by atoms with Crippen molar-refractivity contribution in [1.82, 2.24) is 9.78 Å². The van der Waals surface area contributed by atoms with E-state index in [2.05, 4.69) is 10.4 Å². The van der Waals surface area contributed by atoms with E-state index in [4.69, 9.17) is 0 Å². The molecule has 4 rings (SSSR count). The van der Waals surface area contributed by atoms with E-state index in [0.717, 1.165) is 16.5 Å². The van der Waals surface area contributed by atoms with Crippen molar-refractivity contribution in [1.29, 1.82) is 0 Å². The number of anilines is 2. The number of amides is 2. The number of rotatable bonds is 3. The van der Waals surface area contributed by atoms with E-state index in [-0.39, 0.29) is 24.2 Å². The third-order valence-electron chi connectivity index (χ3n) is 4.52. The molecule has 0 radical (unpaired) electrons. The van der Waals surface area contributed by atoms with Crippen molar-refractivity contribution >= 4 is 34.1 Å². The van der Waals surface area contributed by atoms with Gasteiger partial charge in [-0.3, -0.25) is 14.3 Å². The number of benzene rings is 2. The zero-order chi connectivity index (χ0) is 17.4. The van der Waals surface area contributed by atoms with Crippen molar-refractivity contribution in [3.05, 3.63) is 54.7 Å². The van der Waals surface area contributed by atoms with Crippen molar-refractivity contribution in [2.24, 2.45) is 13.0 Å². The molecule has 6 nitrogen and oxygen atoms in total. The Bertz CT molecular complexity index is 957. The van der Waals surface area contributed by atoms with E-state index in [0.29, 0.717) is 12.4 Å². The first-order chi connectivity index (χ1) is 12.1. The van der Waals surface area contributed by atoms with Gasteiger partial charge in [-0.25, -0.2) is 0 Å². The van der Waals surface area contributed by atoms with Gasteiger partial charge in [0.2, 0.25) is 11.8 Å². The molecule has 1 atom stereocenters. The number of aryl methyl sites for hydroxylation is 1. The van der Waals surface area contributed by atoms with Gasteiger partial charge in [-0.05, 0) is 11.5 Å². The molecule has 25 heavy (non-hydrogen) atoms. The van der Waals surface area contributed by atoms with Crippen LogP contribution in [0.4, 0.5) is 11.5 Å². The first-order valence-corrected chi connectivity index (χ1v) is 8.20. The minimum Gasteiger partial charge on any atom is -0.311 e. The van der Waals surface area contributed by atoms with Gasteiger partial charge in [0.1, 0.15) is 0 Å². The van der Waals surface area contributed by atoms with Crippen LogP contribution in [-0.2, 0) is 16.6 Å². The van der Waals surface area contributed by atoms with Crippen molar-refractivity contribution in [2.75, 3.05) is 16.8 Å². The van der Waals surface area contributed by atoms with Crippen molar-refractivity contribution in [2.45, 2.75) is 6.42 Å². The minimum atomic E-state index is -0.381. The Morgan fingerprint density at radius 1 is 1.16 bits per heavy atom. The molecule has 1 N–H and O–H groups in total. The van der Waals surface area contributed by atoms with Crippen LogP contribution >= 0.6 is 0 Å². The highest BCUT2D eigenvalue weighted by molar-refractivity contribution is 6.08. The van der Waals surface area contributed by atoms with Gasteiger partial charge in [0, 0.05) is 37.7 Å². The predicted molar refractivity (Wildman–Crippen MR) is 96.2 cm³/mol. The molecule has 0 saturated carbocycles. The molecule has 0 spiro atoms. The summed E-state index contributed by atoms with van der Waals surface area (Å²) in [7, 11) is 1.79. The van der Waals surface area contributed by atoms with E-state index in [9.17, 15) is 9.59 Å². The summed E-state index contributed by atoms with van der Waals surface area (Å²) in [5.41, 5.74) is 0.858. The number of fused-ring (bicyclic) bond motifs is 1. The first-order valence-electron chi connectivity index (χ1n) is 8.20. The van der Waals surface area contributed by atoms with E-state index in [1.54, 1.807) is 28.9 Å². The van der Waals surface area contributed by atoms with Gasteiger partial charge in [0.25, 0.3) is 0 Å². The number of hydrogen-bond donors (Lipinski definition) is 1. The summed E-state index contributed by atoms with van der Waals surface area (Å²) in [5, 5.41) is 9.03. The van der Waals surface area contributed by atoms with Crippen LogP contribution in [0.1, 0.15) is 6.42 Å². The zero-order valence-corrected chi connectivity index (χ0v) is 13.8. The molecular weight excluding hydrogens is 316 g/mol. The van der Waals surface area contributed by atoms with Gasteiger partial charge in [0.05, 0.1) is 11.6 Å². The smallest absolute Gasteiger partial charge is 0.231 e. The van der Waals surface area contributed by atoms with Crippen molar-refractivity contribution in [3.63, 3.8) is 0 Å². The highest BCUT2D eigenvalue weighted by Crippen LogP contribution is 2.32. The molecule has 2 amide bonds. The Hall–Kier alpha value is -3.15. The summed E-state index contributed by atoms with van der Waals surface area (Å²) in [6.07, 6.45) is 1.97. The molecule has 2 heterocycles. The van der Waals surface area contributed by atoms with Crippen LogP contribution in [0.3, 0.4) is 0 Å². The molecule has 0 aliphatic carbocycles. The normalized spacial score (nSPS) is 17.2. The molecule has 1 aliphatic heterocycles. The van der Waals surface area contributed by atoms with Gasteiger partial charge in [-0.1, -0.05) is 36.4 Å². The molecule has 3 aromatic rings. The summed E-state index contributed by atoms with van der Waals surface area (Å²) in [6.45, 7) is 0.380. The van der Waals surface area contributed by atoms with Gasteiger partial charge in [0.15, 0.2) is 5.82 Å². The quantitative estimate of drug-likeness (QED) is 0.800. The molecule has 0 bridgehead atoms. The van der Waals surface area contributed by atoms with Gasteiger partial charge in [-0.15, -0.1) is 0 Å². The number of aromatic nitrogens is 2. The Labute approximate surface area is 145 Å². The Kier molecular flexibility index (Phi) is 3.72. The number of nitrogens with one attached hydrogen (secondary N) is 1. The lowest BCUT2D eigenvalue weighted by Gasteiger charge is -2.19. The molecule has 126 valence electrons. The van der Waals surface area contributed by atoms with Crippen LogP contribution < -0.4 is 10.2 Å². The van der Waals surface area contributed by atoms with Crippen LogP contribution in [0.5, 0.6) is 0 Å². The Balaban J connectivity index is 1.56. The number of carbonyl (C=O) groups excluding carboxylic acids is 2. The molecule has 1 fully saturated rings. The summed E-state index contributed by atoms with van der Waals surface area (Å²) < 4.78 is 1.62. The second-order valence-corrected chi connectivity index (χ2v) is 6.27. The molecule has 1 unspecified atom stereocenters. The number of hydrogen-bond acceptors (Lipinski definition) is 3. The molecule has 1 aromatic heterocycles. The lowest BCUT2D eigenvalue weighted by Crippen LogP contribution is -2.28. The van der Waals surface area contributed by atoms with E-state index in [1.165, 1.54) is 0 Å².